The van der Waals surface area contributed by atoms with E-state index in [1.807, 2.05) is 42.6 Å². The highest BCUT2D eigenvalue weighted by Gasteiger charge is 2.01. The van der Waals surface area contributed by atoms with Gasteiger partial charge in [-0.1, -0.05) is 24.3 Å². The lowest BCUT2D eigenvalue weighted by Gasteiger charge is -2.04. The third-order valence-corrected chi connectivity index (χ3v) is 3.33. The van der Waals surface area contributed by atoms with Gasteiger partial charge in [-0.15, -0.1) is 0 Å². The fourth-order valence-corrected chi connectivity index (χ4v) is 2.18. The zero-order chi connectivity index (χ0) is 13.8. The molecular formula is C17H16N2O. The molecular weight excluding hydrogens is 248 g/mol. The molecule has 0 unspecified atom stereocenters. The minimum Gasteiger partial charge on any atom is -0.497 e. The summed E-state index contributed by atoms with van der Waals surface area (Å²) in [6.45, 7) is 0. The molecule has 1 heterocycles. The highest BCUT2D eigenvalue weighted by Crippen LogP contribution is 2.14. The molecule has 3 nitrogen and oxygen atoms in total. The quantitative estimate of drug-likeness (QED) is 0.724. The smallest absolute Gasteiger partial charge is 0.118 e. The molecule has 20 heavy (non-hydrogen) atoms. The number of methoxy groups -OCH3 is 1. The van der Waals surface area contributed by atoms with E-state index in [4.69, 9.17) is 4.74 Å². The van der Waals surface area contributed by atoms with Gasteiger partial charge in [0.2, 0.25) is 0 Å². The maximum Gasteiger partial charge on any atom is 0.118 e. The third kappa shape index (κ3) is 2.77. The Labute approximate surface area is 118 Å². The van der Waals surface area contributed by atoms with Crippen LogP contribution in [0.15, 0.2) is 54.7 Å². The number of para-hydroxylation sites is 2. The summed E-state index contributed by atoms with van der Waals surface area (Å²) in [6, 6.07) is 16.1. The maximum absolute atomic E-state index is 5.16. The average Bonchev–Trinajstić information content (AvgIpc) is 2.53. The summed E-state index contributed by atoms with van der Waals surface area (Å²) >= 11 is 0. The second-order valence-electron chi connectivity index (χ2n) is 4.70. The minimum atomic E-state index is 0.888. The number of nitrogens with zero attached hydrogens (tertiary/aromatic N) is 2. The highest BCUT2D eigenvalue weighted by atomic mass is 16.5. The molecule has 0 radical (unpaired) electrons. The van der Waals surface area contributed by atoms with E-state index < -0.39 is 0 Å². The topological polar surface area (TPSA) is 35.0 Å². The highest BCUT2D eigenvalue weighted by molar-refractivity contribution is 5.73. The molecule has 0 N–H and O–H groups in total. The van der Waals surface area contributed by atoms with Gasteiger partial charge in [0.05, 0.1) is 23.8 Å². The first-order valence-electron chi connectivity index (χ1n) is 6.69. The first kappa shape index (κ1) is 12.6. The first-order chi connectivity index (χ1) is 9.85. The Bertz CT molecular complexity index is 708. The van der Waals surface area contributed by atoms with Crippen LogP contribution in [0.3, 0.4) is 0 Å². The van der Waals surface area contributed by atoms with E-state index >= 15 is 0 Å². The molecule has 1 aromatic heterocycles. The Kier molecular flexibility index (Phi) is 3.59. The van der Waals surface area contributed by atoms with Gasteiger partial charge in [-0.2, -0.15) is 0 Å². The van der Waals surface area contributed by atoms with Crippen LogP contribution < -0.4 is 4.74 Å². The molecule has 0 saturated carbocycles. The molecule has 3 aromatic rings. The van der Waals surface area contributed by atoms with Gasteiger partial charge in [-0.3, -0.25) is 4.98 Å². The summed E-state index contributed by atoms with van der Waals surface area (Å²) in [7, 11) is 1.68. The average molecular weight is 264 g/mol. The zero-order valence-corrected chi connectivity index (χ0v) is 11.4. The van der Waals surface area contributed by atoms with Crippen molar-refractivity contribution in [2.45, 2.75) is 12.8 Å². The number of aryl methyl sites for hydroxylation is 2. The van der Waals surface area contributed by atoms with Crippen LogP contribution >= 0.6 is 0 Å². The van der Waals surface area contributed by atoms with E-state index in [0.29, 0.717) is 0 Å². The lowest BCUT2D eigenvalue weighted by Crippen LogP contribution is -1.96. The second kappa shape index (κ2) is 5.70. The lowest BCUT2D eigenvalue weighted by molar-refractivity contribution is 0.414. The summed E-state index contributed by atoms with van der Waals surface area (Å²) in [6.07, 6.45) is 3.72. The summed E-state index contributed by atoms with van der Waals surface area (Å²) in [5, 5.41) is 0. The molecule has 0 bridgehead atoms. The minimum absolute atomic E-state index is 0.888. The van der Waals surface area contributed by atoms with Crippen molar-refractivity contribution in [2.24, 2.45) is 0 Å². The summed E-state index contributed by atoms with van der Waals surface area (Å²) in [5.41, 5.74) is 4.21. The summed E-state index contributed by atoms with van der Waals surface area (Å²) in [5.74, 6) is 0.888. The number of hydrogen-bond acceptors (Lipinski definition) is 3. The van der Waals surface area contributed by atoms with E-state index in [1.54, 1.807) is 7.11 Å². The van der Waals surface area contributed by atoms with E-state index in [1.165, 1.54) is 5.56 Å². The third-order valence-electron chi connectivity index (χ3n) is 3.33. The van der Waals surface area contributed by atoms with Crippen LogP contribution in [0.2, 0.25) is 0 Å². The largest absolute Gasteiger partial charge is 0.497 e. The Hall–Kier alpha value is -2.42. The van der Waals surface area contributed by atoms with Gasteiger partial charge in [0, 0.05) is 6.20 Å². The molecule has 0 spiro atoms. The molecule has 3 heteroatoms. The monoisotopic (exact) mass is 264 g/mol. The van der Waals surface area contributed by atoms with Crippen molar-refractivity contribution in [3.05, 3.63) is 66.0 Å². The van der Waals surface area contributed by atoms with E-state index in [-0.39, 0.29) is 0 Å². The van der Waals surface area contributed by atoms with E-state index in [2.05, 4.69) is 22.1 Å². The fourth-order valence-electron chi connectivity index (χ4n) is 2.18. The van der Waals surface area contributed by atoms with Crippen LogP contribution in [0.4, 0.5) is 0 Å². The van der Waals surface area contributed by atoms with Gasteiger partial charge in [0.1, 0.15) is 5.75 Å². The lowest BCUT2D eigenvalue weighted by atomic mass is 10.1. The molecule has 0 saturated heterocycles. The molecule has 0 aliphatic carbocycles. The van der Waals surface area contributed by atoms with Crippen LogP contribution in [-0.2, 0) is 12.8 Å². The summed E-state index contributed by atoms with van der Waals surface area (Å²) < 4.78 is 5.16. The van der Waals surface area contributed by atoms with Crippen molar-refractivity contribution >= 4 is 11.0 Å². The Morgan fingerprint density at radius 3 is 2.40 bits per heavy atom. The summed E-state index contributed by atoms with van der Waals surface area (Å²) in [4.78, 5) is 9.08. The SMILES string of the molecule is COc1ccc(CCc2cnc3ccccc3n2)cc1. The molecule has 0 amide bonds. The number of hydrogen-bond donors (Lipinski definition) is 0. The first-order valence-corrected chi connectivity index (χ1v) is 6.69. The van der Waals surface area contributed by atoms with Crippen molar-refractivity contribution in [3.63, 3.8) is 0 Å². The van der Waals surface area contributed by atoms with E-state index in [9.17, 15) is 0 Å². The van der Waals surface area contributed by atoms with Crippen LogP contribution in [0.1, 0.15) is 11.3 Å². The van der Waals surface area contributed by atoms with Crippen molar-refractivity contribution in [1.82, 2.24) is 9.97 Å². The standard InChI is InChI=1S/C17H16N2O/c1-20-15-10-7-13(8-11-15)6-9-14-12-18-16-4-2-3-5-17(16)19-14/h2-5,7-8,10-12H,6,9H2,1H3. The zero-order valence-electron chi connectivity index (χ0n) is 11.4. The van der Waals surface area contributed by atoms with Crippen molar-refractivity contribution in [3.8, 4) is 5.75 Å². The van der Waals surface area contributed by atoms with Crippen molar-refractivity contribution < 1.29 is 4.74 Å². The van der Waals surface area contributed by atoms with Gasteiger partial charge < -0.3 is 4.74 Å². The Morgan fingerprint density at radius 2 is 1.65 bits per heavy atom. The Morgan fingerprint density at radius 1 is 0.900 bits per heavy atom. The number of ether oxygens (including phenoxy) is 1. The fraction of sp³-hybridized carbons (Fsp3) is 0.176. The molecule has 2 aromatic carbocycles. The maximum atomic E-state index is 5.16. The molecule has 0 aliphatic heterocycles. The normalized spacial score (nSPS) is 10.7. The van der Waals surface area contributed by atoms with Crippen LogP contribution in [0.25, 0.3) is 11.0 Å². The Balaban J connectivity index is 1.72. The molecule has 0 fully saturated rings. The molecule has 0 aliphatic rings. The predicted molar refractivity (Wildman–Crippen MR) is 79.9 cm³/mol. The van der Waals surface area contributed by atoms with E-state index in [0.717, 1.165) is 35.3 Å². The van der Waals surface area contributed by atoms with Crippen LogP contribution in [0.5, 0.6) is 5.75 Å². The van der Waals surface area contributed by atoms with Crippen molar-refractivity contribution in [2.75, 3.05) is 7.11 Å². The number of aromatic nitrogens is 2. The van der Waals surface area contributed by atoms with Gasteiger partial charge in [-0.25, -0.2) is 4.98 Å². The van der Waals surface area contributed by atoms with Gasteiger partial charge >= 0.3 is 0 Å². The molecule has 0 atom stereocenters. The van der Waals surface area contributed by atoms with Gasteiger partial charge in [0.15, 0.2) is 0 Å². The van der Waals surface area contributed by atoms with Gasteiger partial charge in [-0.05, 0) is 42.7 Å². The number of fused-ring (bicyclic) bond motifs is 1. The number of rotatable bonds is 4. The van der Waals surface area contributed by atoms with Gasteiger partial charge in [0.25, 0.3) is 0 Å². The second-order valence-corrected chi connectivity index (χ2v) is 4.70. The molecule has 3 rings (SSSR count). The number of benzene rings is 2. The van der Waals surface area contributed by atoms with Crippen LogP contribution in [-0.4, -0.2) is 17.1 Å². The van der Waals surface area contributed by atoms with Crippen LogP contribution in [0, 0.1) is 0 Å². The predicted octanol–water partition coefficient (Wildman–Crippen LogP) is 3.42. The molecule has 100 valence electrons. The van der Waals surface area contributed by atoms with Crippen molar-refractivity contribution in [1.29, 1.82) is 0 Å².